The SMILES string of the molecule is OC1(Cc2ccc(Cl)c(Cl)c2)CCCC(C(F)(F)F)C1. The molecule has 20 heavy (non-hydrogen) atoms. The highest BCUT2D eigenvalue weighted by Crippen LogP contribution is 2.43. The summed E-state index contributed by atoms with van der Waals surface area (Å²) < 4.78 is 38.4. The van der Waals surface area contributed by atoms with Crippen molar-refractivity contribution in [2.75, 3.05) is 0 Å². The first kappa shape index (κ1) is 15.9. The summed E-state index contributed by atoms with van der Waals surface area (Å²) in [6.45, 7) is 0. The molecule has 6 heteroatoms. The Kier molecular flexibility index (Phi) is 4.57. The Balaban J connectivity index is 2.12. The Morgan fingerprint density at radius 1 is 1.25 bits per heavy atom. The second kappa shape index (κ2) is 5.74. The minimum Gasteiger partial charge on any atom is -0.390 e. The van der Waals surface area contributed by atoms with Crippen LogP contribution in [0.15, 0.2) is 18.2 Å². The molecule has 1 fully saturated rings. The second-order valence-electron chi connectivity index (χ2n) is 5.48. The first-order chi connectivity index (χ1) is 9.20. The molecule has 112 valence electrons. The van der Waals surface area contributed by atoms with Crippen LogP contribution in [0.3, 0.4) is 0 Å². The van der Waals surface area contributed by atoms with Gasteiger partial charge in [-0.25, -0.2) is 0 Å². The molecule has 1 aliphatic carbocycles. The van der Waals surface area contributed by atoms with Crippen molar-refractivity contribution in [3.05, 3.63) is 33.8 Å². The zero-order chi connectivity index (χ0) is 15.0. The van der Waals surface area contributed by atoms with Gasteiger partial charge in [0.05, 0.1) is 21.6 Å². The molecule has 0 heterocycles. The van der Waals surface area contributed by atoms with E-state index in [-0.39, 0.29) is 19.3 Å². The third-order valence-electron chi connectivity index (χ3n) is 3.80. The zero-order valence-corrected chi connectivity index (χ0v) is 12.2. The lowest BCUT2D eigenvalue weighted by Crippen LogP contribution is -2.41. The maximum absolute atomic E-state index is 12.8. The smallest absolute Gasteiger partial charge is 0.390 e. The first-order valence-corrected chi connectivity index (χ1v) is 7.18. The molecule has 0 saturated heterocycles. The largest absolute Gasteiger partial charge is 0.391 e. The van der Waals surface area contributed by atoms with E-state index in [1.807, 2.05) is 0 Å². The topological polar surface area (TPSA) is 20.2 Å². The van der Waals surface area contributed by atoms with Gasteiger partial charge in [0.15, 0.2) is 0 Å². The Hall–Kier alpha value is -0.450. The van der Waals surface area contributed by atoms with E-state index in [0.29, 0.717) is 28.5 Å². The molecule has 0 aliphatic heterocycles. The maximum atomic E-state index is 12.8. The Morgan fingerprint density at radius 3 is 2.55 bits per heavy atom. The molecule has 1 N–H and O–H groups in total. The van der Waals surface area contributed by atoms with Crippen molar-refractivity contribution >= 4 is 23.2 Å². The molecule has 0 spiro atoms. The van der Waals surface area contributed by atoms with Gasteiger partial charge in [0, 0.05) is 6.42 Å². The molecule has 2 rings (SSSR count). The summed E-state index contributed by atoms with van der Waals surface area (Å²) in [5.41, 5.74) is -0.625. The van der Waals surface area contributed by atoms with Gasteiger partial charge in [-0.3, -0.25) is 0 Å². The molecule has 1 aliphatic rings. The normalized spacial score (nSPS) is 27.6. The Labute approximate surface area is 125 Å². The van der Waals surface area contributed by atoms with Crippen molar-refractivity contribution in [1.82, 2.24) is 0 Å². The fourth-order valence-electron chi connectivity index (χ4n) is 2.81. The summed E-state index contributed by atoms with van der Waals surface area (Å²) in [4.78, 5) is 0. The van der Waals surface area contributed by atoms with Crippen molar-refractivity contribution in [1.29, 1.82) is 0 Å². The number of aliphatic hydroxyl groups is 1. The van der Waals surface area contributed by atoms with E-state index < -0.39 is 17.7 Å². The number of benzene rings is 1. The van der Waals surface area contributed by atoms with E-state index in [0.717, 1.165) is 0 Å². The van der Waals surface area contributed by atoms with Crippen LogP contribution >= 0.6 is 23.2 Å². The molecule has 1 aromatic rings. The number of halogens is 5. The molecule has 0 aromatic heterocycles. The quantitative estimate of drug-likeness (QED) is 0.809. The number of hydrogen-bond donors (Lipinski definition) is 1. The predicted molar refractivity (Wildman–Crippen MR) is 73.1 cm³/mol. The minimum atomic E-state index is -4.24. The Bertz CT molecular complexity index is 490. The van der Waals surface area contributed by atoms with Gasteiger partial charge in [0.2, 0.25) is 0 Å². The highest BCUT2D eigenvalue weighted by molar-refractivity contribution is 6.42. The zero-order valence-electron chi connectivity index (χ0n) is 10.7. The molecule has 0 radical (unpaired) electrons. The van der Waals surface area contributed by atoms with E-state index in [1.54, 1.807) is 18.2 Å². The first-order valence-electron chi connectivity index (χ1n) is 6.43. The van der Waals surface area contributed by atoms with Crippen LogP contribution in [-0.4, -0.2) is 16.9 Å². The third kappa shape index (κ3) is 3.80. The van der Waals surface area contributed by atoms with Gasteiger partial charge in [-0.1, -0.05) is 29.3 Å². The molecule has 1 nitrogen and oxygen atoms in total. The maximum Gasteiger partial charge on any atom is 0.391 e. The Morgan fingerprint density at radius 2 is 1.95 bits per heavy atom. The number of rotatable bonds is 2. The summed E-state index contributed by atoms with van der Waals surface area (Å²) in [6, 6.07) is 4.87. The predicted octanol–water partition coefficient (Wildman–Crippen LogP) is 5.02. The average molecular weight is 327 g/mol. The third-order valence-corrected chi connectivity index (χ3v) is 4.54. The highest BCUT2D eigenvalue weighted by Gasteiger charge is 2.46. The van der Waals surface area contributed by atoms with Crippen molar-refractivity contribution < 1.29 is 18.3 Å². The molecular weight excluding hydrogens is 312 g/mol. The highest BCUT2D eigenvalue weighted by atomic mass is 35.5. The summed E-state index contributed by atoms with van der Waals surface area (Å²) in [5.74, 6) is -1.43. The van der Waals surface area contributed by atoms with Crippen molar-refractivity contribution in [2.24, 2.45) is 5.92 Å². The average Bonchev–Trinajstić information content (AvgIpc) is 2.32. The fourth-order valence-corrected chi connectivity index (χ4v) is 3.13. The van der Waals surface area contributed by atoms with Gasteiger partial charge in [0.1, 0.15) is 0 Å². The number of alkyl halides is 3. The summed E-state index contributed by atoms with van der Waals surface area (Å²) in [7, 11) is 0. The molecule has 2 atom stereocenters. The van der Waals surface area contributed by atoms with Gasteiger partial charge in [0.25, 0.3) is 0 Å². The number of hydrogen-bond acceptors (Lipinski definition) is 1. The van der Waals surface area contributed by atoms with Gasteiger partial charge >= 0.3 is 6.18 Å². The van der Waals surface area contributed by atoms with E-state index >= 15 is 0 Å². The second-order valence-corrected chi connectivity index (χ2v) is 6.30. The lowest BCUT2D eigenvalue weighted by atomic mass is 9.75. The van der Waals surface area contributed by atoms with Gasteiger partial charge in [-0.15, -0.1) is 0 Å². The standard InChI is InChI=1S/C14H15Cl2F3O/c15-11-4-3-9(6-12(11)16)7-13(20)5-1-2-10(8-13)14(17,18)19/h3-4,6,10,20H,1-2,5,7-8H2. The molecule has 2 unspecified atom stereocenters. The summed E-state index contributed by atoms with van der Waals surface area (Å²) in [5, 5.41) is 11.2. The molecular formula is C14H15Cl2F3O. The van der Waals surface area contributed by atoms with Gasteiger partial charge in [-0.2, -0.15) is 13.2 Å². The lowest BCUT2D eigenvalue weighted by Gasteiger charge is -2.37. The van der Waals surface area contributed by atoms with Crippen LogP contribution in [0.2, 0.25) is 10.0 Å². The van der Waals surface area contributed by atoms with E-state index in [4.69, 9.17) is 23.2 Å². The summed E-state index contributed by atoms with van der Waals surface area (Å²) >= 11 is 11.7. The van der Waals surface area contributed by atoms with Crippen molar-refractivity contribution in [2.45, 2.75) is 43.9 Å². The van der Waals surface area contributed by atoms with Gasteiger partial charge in [-0.05, 0) is 43.4 Å². The van der Waals surface area contributed by atoms with Crippen LogP contribution in [0, 0.1) is 5.92 Å². The molecule has 1 saturated carbocycles. The van der Waals surface area contributed by atoms with Crippen molar-refractivity contribution in [3.63, 3.8) is 0 Å². The monoisotopic (exact) mass is 326 g/mol. The fraction of sp³-hybridized carbons (Fsp3) is 0.571. The summed E-state index contributed by atoms with van der Waals surface area (Å²) in [6.07, 6.45) is -3.49. The van der Waals surface area contributed by atoms with Crippen molar-refractivity contribution in [3.8, 4) is 0 Å². The minimum absolute atomic E-state index is 0.0905. The van der Waals surface area contributed by atoms with Crippen LogP contribution < -0.4 is 0 Å². The van der Waals surface area contributed by atoms with Crippen LogP contribution in [-0.2, 0) is 6.42 Å². The molecule has 1 aromatic carbocycles. The van der Waals surface area contributed by atoms with Crippen LogP contribution in [0.1, 0.15) is 31.2 Å². The van der Waals surface area contributed by atoms with Crippen LogP contribution in [0.4, 0.5) is 13.2 Å². The van der Waals surface area contributed by atoms with Crippen LogP contribution in [0.5, 0.6) is 0 Å². The van der Waals surface area contributed by atoms with E-state index in [2.05, 4.69) is 0 Å². The van der Waals surface area contributed by atoms with E-state index in [1.165, 1.54) is 0 Å². The van der Waals surface area contributed by atoms with Crippen LogP contribution in [0.25, 0.3) is 0 Å². The lowest BCUT2D eigenvalue weighted by molar-refractivity contribution is -0.200. The molecule has 0 amide bonds. The van der Waals surface area contributed by atoms with E-state index in [9.17, 15) is 18.3 Å². The van der Waals surface area contributed by atoms with Gasteiger partial charge < -0.3 is 5.11 Å². The molecule has 0 bridgehead atoms.